The molecule has 0 radical (unpaired) electrons. The summed E-state index contributed by atoms with van der Waals surface area (Å²) in [5.41, 5.74) is 2.58. The second-order valence-corrected chi connectivity index (χ2v) is 7.14. The maximum atomic E-state index is 10.1. The fraction of sp³-hybridized carbons (Fsp3) is 0.143. The van der Waals surface area contributed by atoms with Crippen molar-refractivity contribution in [2.75, 3.05) is 0 Å². The predicted molar refractivity (Wildman–Crippen MR) is 103 cm³/mol. The molecule has 0 amide bonds. The summed E-state index contributed by atoms with van der Waals surface area (Å²) in [6, 6.07) is 17.8. The number of hydrogen-bond donors (Lipinski definition) is 2. The van der Waals surface area contributed by atoms with E-state index in [4.69, 9.17) is 0 Å². The van der Waals surface area contributed by atoms with Gasteiger partial charge in [-0.25, -0.2) is 0 Å². The molecule has 0 atom stereocenters. The van der Waals surface area contributed by atoms with Crippen LogP contribution in [0.25, 0.3) is 22.6 Å². The van der Waals surface area contributed by atoms with Gasteiger partial charge < -0.3 is 10.2 Å². The first kappa shape index (κ1) is 16.3. The zero-order chi connectivity index (χ0) is 17.1. The van der Waals surface area contributed by atoms with Gasteiger partial charge in [-0.2, -0.15) is 0 Å². The van der Waals surface area contributed by atoms with E-state index in [1.807, 2.05) is 44.2 Å². The second-order valence-electron chi connectivity index (χ2n) is 6.03. The topological polar surface area (TPSA) is 40.5 Å². The van der Waals surface area contributed by atoms with Crippen molar-refractivity contribution in [1.82, 2.24) is 0 Å². The van der Waals surface area contributed by atoms with E-state index in [1.165, 1.54) is 10.4 Å². The SMILES string of the molecule is CC(C)c1c(O)cc(/C=C/c2ccc(-c3ccccc3)s2)cc1O. The summed E-state index contributed by atoms with van der Waals surface area (Å²) in [7, 11) is 0. The summed E-state index contributed by atoms with van der Waals surface area (Å²) >= 11 is 1.71. The van der Waals surface area contributed by atoms with E-state index in [9.17, 15) is 10.2 Å². The van der Waals surface area contributed by atoms with E-state index in [0.717, 1.165) is 10.4 Å². The van der Waals surface area contributed by atoms with Crippen LogP contribution in [0, 0.1) is 0 Å². The third-order valence-electron chi connectivity index (χ3n) is 3.86. The average molecular weight is 336 g/mol. The quantitative estimate of drug-likeness (QED) is 0.602. The molecule has 1 heterocycles. The van der Waals surface area contributed by atoms with E-state index in [2.05, 4.69) is 24.3 Å². The minimum absolute atomic E-state index is 0.0776. The molecule has 1 aromatic heterocycles. The predicted octanol–water partition coefficient (Wildman–Crippen LogP) is 6.12. The minimum Gasteiger partial charge on any atom is -0.507 e. The zero-order valence-electron chi connectivity index (χ0n) is 13.7. The van der Waals surface area contributed by atoms with Crippen LogP contribution in [0.15, 0.2) is 54.6 Å². The molecule has 0 aliphatic heterocycles. The molecular weight excluding hydrogens is 316 g/mol. The van der Waals surface area contributed by atoms with Crippen molar-refractivity contribution in [2.24, 2.45) is 0 Å². The van der Waals surface area contributed by atoms with Gasteiger partial charge >= 0.3 is 0 Å². The maximum absolute atomic E-state index is 10.1. The van der Waals surface area contributed by atoms with Crippen LogP contribution < -0.4 is 0 Å². The molecule has 2 nitrogen and oxygen atoms in total. The highest BCUT2D eigenvalue weighted by Gasteiger charge is 2.12. The molecule has 0 spiro atoms. The molecule has 3 rings (SSSR count). The molecule has 2 aromatic carbocycles. The fourth-order valence-electron chi connectivity index (χ4n) is 2.71. The Morgan fingerprint density at radius 2 is 1.54 bits per heavy atom. The Morgan fingerprint density at radius 1 is 0.875 bits per heavy atom. The van der Waals surface area contributed by atoms with Crippen molar-refractivity contribution in [2.45, 2.75) is 19.8 Å². The number of phenols is 2. The summed E-state index contributed by atoms with van der Waals surface area (Å²) in [4.78, 5) is 2.34. The highest BCUT2D eigenvalue weighted by molar-refractivity contribution is 7.16. The summed E-state index contributed by atoms with van der Waals surface area (Å²) < 4.78 is 0. The van der Waals surface area contributed by atoms with Crippen molar-refractivity contribution < 1.29 is 10.2 Å². The van der Waals surface area contributed by atoms with Gasteiger partial charge in [0.15, 0.2) is 0 Å². The molecule has 0 unspecified atom stereocenters. The minimum atomic E-state index is 0.0776. The smallest absolute Gasteiger partial charge is 0.123 e. The third kappa shape index (κ3) is 3.52. The Kier molecular flexibility index (Phi) is 4.72. The summed E-state index contributed by atoms with van der Waals surface area (Å²) in [6.45, 7) is 3.89. The van der Waals surface area contributed by atoms with Gasteiger partial charge in [-0.05, 0) is 47.4 Å². The van der Waals surface area contributed by atoms with Crippen LogP contribution in [0.4, 0.5) is 0 Å². The first-order valence-corrected chi connectivity index (χ1v) is 8.75. The first-order valence-electron chi connectivity index (χ1n) is 7.94. The Bertz CT molecular complexity index is 838. The highest BCUT2D eigenvalue weighted by atomic mass is 32.1. The summed E-state index contributed by atoms with van der Waals surface area (Å²) in [6.07, 6.45) is 3.91. The van der Waals surface area contributed by atoms with Crippen LogP contribution in [0.3, 0.4) is 0 Å². The maximum Gasteiger partial charge on any atom is 0.123 e. The van der Waals surface area contributed by atoms with E-state index in [1.54, 1.807) is 23.5 Å². The Balaban J connectivity index is 1.83. The lowest BCUT2D eigenvalue weighted by atomic mass is 9.99. The van der Waals surface area contributed by atoms with Crippen molar-refractivity contribution >= 4 is 23.5 Å². The van der Waals surface area contributed by atoms with Crippen molar-refractivity contribution in [3.63, 3.8) is 0 Å². The number of benzene rings is 2. The molecule has 0 aliphatic rings. The molecule has 122 valence electrons. The number of aromatic hydroxyl groups is 2. The van der Waals surface area contributed by atoms with Gasteiger partial charge in [-0.1, -0.05) is 50.3 Å². The van der Waals surface area contributed by atoms with E-state index in [-0.39, 0.29) is 17.4 Å². The molecule has 3 aromatic rings. The third-order valence-corrected chi connectivity index (χ3v) is 4.96. The number of rotatable bonds is 4. The number of thiophene rings is 1. The van der Waals surface area contributed by atoms with Gasteiger partial charge in [0.05, 0.1) is 0 Å². The van der Waals surface area contributed by atoms with Crippen LogP contribution >= 0.6 is 11.3 Å². The van der Waals surface area contributed by atoms with Crippen molar-refractivity contribution in [3.05, 3.63) is 70.6 Å². The molecule has 3 heteroatoms. The Hall–Kier alpha value is -2.52. The molecule has 0 fully saturated rings. The van der Waals surface area contributed by atoms with Gasteiger partial charge in [0, 0.05) is 15.3 Å². The fourth-order valence-corrected chi connectivity index (χ4v) is 3.63. The second kappa shape index (κ2) is 6.93. The molecule has 0 aliphatic carbocycles. The van der Waals surface area contributed by atoms with E-state index >= 15 is 0 Å². The number of hydrogen-bond acceptors (Lipinski definition) is 3. The lowest BCUT2D eigenvalue weighted by molar-refractivity contribution is 0.433. The molecule has 24 heavy (non-hydrogen) atoms. The molecular formula is C21H20O2S. The largest absolute Gasteiger partial charge is 0.507 e. The van der Waals surface area contributed by atoms with Crippen LogP contribution in [0.5, 0.6) is 11.5 Å². The highest BCUT2D eigenvalue weighted by Crippen LogP contribution is 2.35. The summed E-state index contributed by atoms with van der Waals surface area (Å²) in [5.74, 6) is 0.357. The molecule has 0 saturated heterocycles. The van der Waals surface area contributed by atoms with Crippen LogP contribution in [-0.4, -0.2) is 10.2 Å². The zero-order valence-corrected chi connectivity index (χ0v) is 14.5. The first-order chi connectivity index (χ1) is 11.5. The lowest BCUT2D eigenvalue weighted by Gasteiger charge is -2.11. The number of phenolic OH excluding ortho intramolecular Hbond substituents is 2. The van der Waals surface area contributed by atoms with Crippen LogP contribution in [-0.2, 0) is 0 Å². The van der Waals surface area contributed by atoms with Crippen LogP contribution in [0.1, 0.15) is 35.8 Å². The van der Waals surface area contributed by atoms with Gasteiger partial charge in [-0.15, -0.1) is 11.3 Å². The molecule has 0 saturated carbocycles. The van der Waals surface area contributed by atoms with E-state index in [0.29, 0.717) is 5.56 Å². The van der Waals surface area contributed by atoms with E-state index < -0.39 is 0 Å². The van der Waals surface area contributed by atoms with Crippen LogP contribution in [0.2, 0.25) is 0 Å². The normalized spacial score (nSPS) is 11.5. The van der Waals surface area contributed by atoms with Gasteiger partial charge in [0.1, 0.15) is 11.5 Å². The summed E-state index contributed by atoms with van der Waals surface area (Å²) in [5, 5.41) is 20.2. The lowest BCUT2D eigenvalue weighted by Crippen LogP contribution is -1.90. The molecule has 0 bridgehead atoms. The van der Waals surface area contributed by atoms with Crippen molar-refractivity contribution in [1.29, 1.82) is 0 Å². The van der Waals surface area contributed by atoms with Gasteiger partial charge in [-0.3, -0.25) is 0 Å². The standard InChI is InChI=1S/C21H20O2S/c1-14(2)21-18(22)12-15(13-19(21)23)8-9-17-10-11-20(24-17)16-6-4-3-5-7-16/h3-14,22-23H,1-2H3/b9-8+. The monoisotopic (exact) mass is 336 g/mol. The average Bonchev–Trinajstić information content (AvgIpc) is 3.02. The molecule has 2 N–H and O–H groups in total. The van der Waals surface area contributed by atoms with Crippen molar-refractivity contribution in [3.8, 4) is 21.9 Å². The van der Waals surface area contributed by atoms with Gasteiger partial charge in [0.2, 0.25) is 0 Å². The Labute approximate surface area is 146 Å². The Morgan fingerprint density at radius 3 is 2.17 bits per heavy atom. The van der Waals surface area contributed by atoms with Gasteiger partial charge in [0.25, 0.3) is 0 Å².